The van der Waals surface area contributed by atoms with Gasteiger partial charge >= 0.3 is 5.97 Å². The van der Waals surface area contributed by atoms with Gasteiger partial charge in [0.2, 0.25) is 10.9 Å². The van der Waals surface area contributed by atoms with E-state index in [4.69, 9.17) is 14.2 Å². The number of carbonyl (C=O) groups excluding carboxylic acids is 2. The average molecular weight is 370 g/mol. The molecule has 1 unspecified atom stereocenters. The molecule has 0 N–H and O–H groups in total. The molecular weight excluding hydrogens is 344 g/mol. The van der Waals surface area contributed by atoms with Gasteiger partial charge < -0.3 is 18.9 Å². The summed E-state index contributed by atoms with van der Waals surface area (Å²) in [7, 11) is 1.33. The van der Waals surface area contributed by atoms with Crippen molar-refractivity contribution in [1.82, 2.24) is 0 Å². The van der Waals surface area contributed by atoms with Gasteiger partial charge in [0, 0.05) is 11.3 Å². The van der Waals surface area contributed by atoms with Crippen molar-refractivity contribution in [2.75, 3.05) is 32.7 Å². The third kappa shape index (κ3) is 6.16. The van der Waals surface area contributed by atoms with Crippen LogP contribution < -0.4 is 14.2 Å². The first-order valence-electron chi connectivity index (χ1n) is 8.29. The number of carbonyl (C=O) groups is 2. The zero-order chi connectivity index (χ0) is 18.8. The Morgan fingerprint density at radius 3 is 1.96 bits per heavy atom. The van der Waals surface area contributed by atoms with Crippen LogP contribution in [0.15, 0.2) is 12.1 Å². The maximum atomic E-state index is 12.5. The first-order valence-corrected chi connectivity index (χ1v) is 9.28. The Bertz CT molecular complexity index is 560. The summed E-state index contributed by atoms with van der Waals surface area (Å²) in [6.45, 7) is 8.65. The molecular formula is C18H26O6S. The fraction of sp³-hybridized carbons (Fsp3) is 0.556. The van der Waals surface area contributed by atoms with E-state index >= 15 is 0 Å². The number of esters is 1. The summed E-state index contributed by atoms with van der Waals surface area (Å²) in [5, 5.41) is -0.166. The van der Waals surface area contributed by atoms with Gasteiger partial charge in [-0.05, 0) is 32.9 Å². The predicted octanol–water partition coefficient (Wildman–Crippen LogP) is 3.57. The summed E-state index contributed by atoms with van der Waals surface area (Å²) in [5.74, 6) is 1.08. The number of hydrogen-bond donors (Lipinski definition) is 0. The summed E-state index contributed by atoms with van der Waals surface area (Å²) in [5.41, 5.74) is 0.442. The van der Waals surface area contributed by atoms with Gasteiger partial charge in [0.25, 0.3) is 0 Å². The van der Waals surface area contributed by atoms with Gasteiger partial charge in [0.05, 0.1) is 32.8 Å². The quantitative estimate of drug-likeness (QED) is 0.583. The Kier molecular flexibility index (Phi) is 9.20. The SMILES string of the molecule is CCOc1cc(C(=O)SCC(C)C(=O)OC)cc(OCC)c1OCC. The lowest BCUT2D eigenvalue weighted by Gasteiger charge is -2.17. The highest BCUT2D eigenvalue weighted by atomic mass is 32.2. The lowest BCUT2D eigenvalue weighted by molar-refractivity contribution is -0.143. The Morgan fingerprint density at radius 2 is 1.52 bits per heavy atom. The largest absolute Gasteiger partial charge is 0.490 e. The van der Waals surface area contributed by atoms with Gasteiger partial charge in [-0.3, -0.25) is 9.59 Å². The number of rotatable bonds is 10. The molecule has 1 rings (SSSR count). The van der Waals surface area contributed by atoms with Gasteiger partial charge in [0.15, 0.2) is 11.5 Å². The third-order valence-electron chi connectivity index (χ3n) is 3.21. The zero-order valence-electron chi connectivity index (χ0n) is 15.4. The molecule has 0 spiro atoms. The van der Waals surface area contributed by atoms with Crippen LogP contribution in [0.3, 0.4) is 0 Å². The highest BCUT2D eigenvalue weighted by Crippen LogP contribution is 2.40. The molecule has 0 aliphatic rings. The molecule has 0 heterocycles. The summed E-state index contributed by atoms with van der Waals surface area (Å²) in [6, 6.07) is 3.30. The van der Waals surface area contributed by atoms with Crippen molar-refractivity contribution >= 4 is 22.8 Å². The average Bonchev–Trinajstić information content (AvgIpc) is 2.61. The Balaban J connectivity index is 3.04. The molecule has 1 aromatic carbocycles. The molecule has 0 aromatic heterocycles. The molecule has 0 saturated heterocycles. The monoisotopic (exact) mass is 370 g/mol. The molecule has 6 nitrogen and oxygen atoms in total. The second-order valence-electron chi connectivity index (χ2n) is 5.12. The molecule has 0 aliphatic carbocycles. The Hall–Kier alpha value is -1.89. The van der Waals surface area contributed by atoms with Crippen LogP contribution in [0.2, 0.25) is 0 Å². The first kappa shape index (κ1) is 21.2. The number of benzene rings is 1. The molecule has 0 radical (unpaired) electrons. The molecule has 0 aliphatic heterocycles. The molecule has 0 saturated carbocycles. The molecule has 0 amide bonds. The number of hydrogen-bond acceptors (Lipinski definition) is 7. The maximum absolute atomic E-state index is 12.5. The van der Waals surface area contributed by atoms with E-state index in [9.17, 15) is 9.59 Å². The van der Waals surface area contributed by atoms with Crippen molar-refractivity contribution < 1.29 is 28.5 Å². The van der Waals surface area contributed by atoms with Crippen LogP contribution in [0.25, 0.3) is 0 Å². The van der Waals surface area contributed by atoms with Crippen LogP contribution in [0.1, 0.15) is 38.1 Å². The molecule has 0 fully saturated rings. The van der Waals surface area contributed by atoms with Crippen LogP contribution >= 0.6 is 11.8 Å². The minimum Gasteiger partial charge on any atom is -0.490 e. The van der Waals surface area contributed by atoms with Crippen LogP contribution in [-0.4, -0.2) is 43.8 Å². The second kappa shape index (κ2) is 10.9. The van der Waals surface area contributed by atoms with Crippen molar-refractivity contribution in [2.24, 2.45) is 5.92 Å². The lowest BCUT2D eigenvalue weighted by atomic mass is 10.2. The van der Waals surface area contributed by atoms with Crippen LogP contribution in [0.5, 0.6) is 17.2 Å². The van der Waals surface area contributed by atoms with E-state index in [2.05, 4.69) is 4.74 Å². The highest BCUT2D eigenvalue weighted by Gasteiger charge is 2.20. The normalized spacial score (nSPS) is 11.6. The summed E-state index contributed by atoms with van der Waals surface area (Å²) >= 11 is 1.06. The number of thioether (sulfide) groups is 1. The van der Waals surface area contributed by atoms with E-state index < -0.39 is 0 Å². The van der Waals surface area contributed by atoms with Gasteiger partial charge in [-0.1, -0.05) is 18.7 Å². The Labute approximate surface area is 153 Å². The minimum atomic E-state index is -0.362. The fourth-order valence-electron chi connectivity index (χ4n) is 2.06. The van der Waals surface area contributed by atoms with Gasteiger partial charge in [-0.25, -0.2) is 0 Å². The van der Waals surface area contributed by atoms with E-state index in [1.807, 2.05) is 20.8 Å². The smallest absolute Gasteiger partial charge is 0.309 e. The van der Waals surface area contributed by atoms with E-state index in [1.165, 1.54) is 7.11 Å². The van der Waals surface area contributed by atoms with Crippen molar-refractivity contribution in [3.05, 3.63) is 17.7 Å². The van der Waals surface area contributed by atoms with Gasteiger partial charge in [0.1, 0.15) is 0 Å². The van der Waals surface area contributed by atoms with Crippen molar-refractivity contribution in [3.8, 4) is 17.2 Å². The standard InChI is InChI=1S/C18H26O6S/c1-6-22-14-9-13(10-15(23-7-2)16(14)24-8-3)18(20)25-11-12(4)17(19)21-5/h9-10,12H,6-8,11H2,1-5H3. The van der Waals surface area contributed by atoms with Gasteiger partial charge in [-0.15, -0.1) is 0 Å². The van der Waals surface area contributed by atoms with Crippen LogP contribution in [0, 0.1) is 5.92 Å². The topological polar surface area (TPSA) is 71.1 Å². The summed E-state index contributed by atoms with van der Waals surface area (Å²) in [6.07, 6.45) is 0. The van der Waals surface area contributed by atoms with Crippen molar-refractivity contribution in [1.29, 1.82) is 0 Å². The third-order valence-corrected chi connectivity index (χ3v) is 4.38. The number of ether oxygens (including phenoxy) is 4. The Morgan fingerprint density at radius 1 is 1.00 bits per heavy atom. The predicted molar refractivity (Wildman–Crippen MR) is 97.9 cm³/mol. The van der Waals surface area contributed by atoms with Crippen molar-refractivity contribution in [3.63, 3.8) is 0 Å². The molecule has 1 aromatic rings. The zero-order valence-corrected chi connectivity index (χ0v) is 16.2. The van der Waals surface area contributed by atoms with E-state index in [0.29, 0.717) is 48.4 Å². The van der Waals surface area contributed by atoms with E-state index in [0.717, 1.165) is 11.8 Å². The van der Waals surface area contributed by atoms with E-state index in [-0.39, 0.29) is 17.0 Å². The van der Waals surface area contributed by atoms with Crippen LogP contribution in [0.4, 0.5) is 0 Å². The first-order chi connectivity index (χ1) is 12.0. The van der Waals surface area contributed by atoms with Gasteiger partial charge in [-0.2, -0.15) is 0 Å². The molecule has 25 heavy (non-hydrogen) atoms. The second-order valence-corrected chi connectivity index (χ2v) is 6.12. The van der Waals surface area contributed by atoms with Crippen molar-refractivity contribution in [2.45, 2.75) is 27.7 Å². The maximum Gasteiger partial charge on any atom is 0.309 e. The fourth-order valence-corrected chi connectivity index (χ4v) is 2.88. The minimum absolute atomic E-state index is 0.166. The number of methoxy groups -OCH3 is 1. The molecule has 7 heteroatoms. The van der Waals surface area contributed by atoms with Crippen LogP contribution in [-0.2, 0) is 9.53 Å². The van der Waals surface area contributed by atoms with E-state index in [1.54, 1.807) is 19.1 Å². The molecule has 1 atom stereocenters. The lowest BCUT2D eigenvalue weighted by Crippen LogP contribution is -2.16. The molecule has 0 bridgehead atoms. The summed E-state index contributed by atoms with van der Waals surface area (Å²) in [4.78, 5) is 24.0. The summed E-state index contributed by atoms with van der Waals surface area (Å²) < 4.78 is 21.5. The highest BCUT2D eigenvalue weighted by molar-refractivity contribution is 8.14. The molecule has 140 valence electrons.